The highest BCUT2D eigenvalue weighted by molar-refractivity contribution is 6.08. The highest BCUT2D eigenvalue weighted by Crippen LogP contribution is 2.60. The molecule has 5 nitrogen and oxygen atoms in total. The number of rotatable bonds is 6. The smallest absolute Gasteiger partial charge is 0.451 e. The molecule has 2 aliphatic rings. The van der Waals surface area contributed by atoms with Gasteiger partial charge in [0.2, 0.25) is 11.6 Å². The van der Waals surface area contributed by atoms with Gasteiger partial charge in [-0.15, -0.1) is 0 Å². The predicted octanol–water partition coefficient (Wildman–Crippen LogP) is 11.2. The van der Waals surface area contributed by atoms with Gasteiger partial charge in [0, 0.05) is 33.1 Å². The van der Waals surface area contributed by atoms with Gasteiger partial charge in [0.05, 0.1) is 7.11 Å². The normalized spacial score (nSPS) is 17.2. The van der Waals surface area contributed by atoms with Crippen LogP contribution in [0.5, 0.6) is 11.5 Å². The topological polar surface area (TPSA) is 57.1 Å². The Labute approximate surface area is 301 Å². The molecule has 0 saturated heterocycles. The molecule has 8 rings (SSSR count). The quantitative estimate of drug-likeness (QED) is 0.160. The molecule has 0 saturated carbocycles. The van der Waals surface area contributed by atoms with Gasteiger partial charge in [-0.1, -0.05) is 105 Å². The number of hydrogen-bond donors (Lipinski definition) is 0. The third kappa shape index (κ3) is 5.27. The Morgan fingerprint density at radius 2 is 1.25 bits per heavy atom. The van der Waals surface area contributed by atoms with Gasteiger partial charge < -0.3 is 9.47 Å². The molecule has 1 aliphatic carbocycles. The lowest BCUT2D eigenvalue weighted by Crippen LogP contribution is -2.35. The number of aromatic nitrogens is 3. The van der Waals surface area contributed by atoms with Crippen molar-refractivity contribution in [2.45, 2.75) is 50.1 Å². The highest BCUT2D eigenvalue weighted by atomic mass is 19.4. The number of halogens is 6. The largest absolute Gasteiger partial charge is 0.497 e. The van der Waals surface area contributed by atoms with Crippen LogP contribution in [0.2, 0.25) is 0 Å². The lowest BCUT2D eigenvalue weighted by Gasteiger charge is -2.39. The Morgan fingerprint density at radius 1 is 0.679 bits per heavy atom. The Hall–Kier alpha value is -5.71. The number of methoxy groups -OCH3 is 1. The van der Waals surface area contributed by atoms with Gasteiger partial charge >= 0.3 is 12.4 Å². The van der Waals surface area contributed by atoms with E-state index >= 15 is 0 Å². The molecule has 1 aromatic heterocycles. The maximum Gasteiger partial charge on any atom is 0.451 e. The molecule has 268 valence electrons. The second-order valence-electron chi connectivity index (χ2n) is 13.2. The molecule has 2 heterocycles. The first-order valence-corrected chi connectivity index (χ1v) is 17.1. The Morgan fingerprint density at radius 3 is 1.83 bits per heavy atom. The molecule has 0 N–H and O–H groups in total. The zero-order valence-electron chi connectivity index (χ0n) is 28.7. The van der Waals surface area contributed by atoms with Crippen LogP contribution < -0.4 is 9.47 Å². The van der Waals surface area contributed by atoms with E-state index < -0.39 is 35.4 Å². The van der Waals surface area contributed by atoms with Gasteiger partial charge in [0.25, 0.3) is 0 Å². The summed E-state index contributed by atoms with van der Waals surface area (Å²) in [6.07, 6.45) is -4.66. The molecule has 1 atom stereocenters. The molecule has 0 amide bonds. The van der Waals surface area contributed by atoms with Crippen molar-refractivity contribution in [1.82, 2.24) is 15.0 Å². The van der Waals surface area contributed by atoms with E-state index in [1.54, 1.807) is 31.4 Å². The van der Waals surface area contributed by atoms with E-state index in [-0.39, 0.29) is 11.0 Å². The van der Waals surface area contributed by atoms with Crippen LogP contribution in [0.15, 0.2) is 103 Å². The maximum absolute atomic E-state index is 13.6. The second-order valence-corrected chi connectivity index (χ2v) is 13.2. The monoisotopic (exact) mass is 723 g/mol. The van der Waals surface area contributed by atoms with Crippen molar-refractivity contribution in [2.24, 2.45) is 0 Å². The lowest BCUT2D eigenvalue weighted by atomic mass is 9.71. The van der Waals surface area contributed by atoms with Crippen molar-refractivity contribution in [3.05, 3.63) is 143 Å². The van der Waals surface area contributed by atoms with Crippen molar-refractivity contribution in [3.8, 4) is 34.0 Å². The molecule has 6 aromatic rings. The van der Waals surface area contributed by atoms with Crippen LogP contribution in [-0.4, -0.2) is 22.1 Å². The van der Waals surface area contributed by atoms with E-state index in [1.165, 1.54) is 34.4 Å². The molecule has 0 spiro atoms. The van der Waals surface area contributed by atoms with Crippen molar-refractivity contribution in [2.75, 3.05) is 7.11 Å². The minimum absolute atomic E-state index is 0.0612. The summed E-state index contributed by atoms with van der Waals surface area (Å²) < 4.78 is 94.2. The first-order valence-electron chi connectivity index (χ1n) is 17.1. The number of hydrogen-bond acceptors (Lipinski definition) is 5. The van der Waals surface area contributed by atoms with Gasteiger partial charge in [-0.25, -0.2) is 15.0 Å². The number of nitrogens with zero attached hydrogens (tertiary/aromatic N) is 3. The SMILES string of the molecule is CCC1(CC)c2ccccc2-c2c1c1c(c3ccccc23)OC(c2ccc(OC)cc2)(c2ccc(-c3nc(C(F)(F)F)nc(C(F)(F)F)n3)cc2)C=C1. The molecule has 0 bridgehead atoms. The predicted molar refractivity (Wildman–Crippen MR) is 189 cm³/mol. The summed E-state index contributed by atoms with van der Waals surface area (Å²) in [5.74, 6) is -3.33. The van der Waals surface area contributed by atoms with E-state index in [4.69, 9.17) is 9.47 Å². The summed E-state index contributed by atoms with van der Waals surface area (Å²) in [4.78, 5) is 9.38. The van der Waals surface area contributed by atoms with Crippen LogP contribution in [0.4, 0.5) is 26.3 Å². The molecule has 1 aliphatic heterocycles. The Balaban J connectivity index is 1.34. The van der Waals surface area contributed by atoms with Gasteiger partial charge in [-0.3, -0.25) is 0 Å². The third-order valence-electron chi connectivity index (χ3n) is 10.6. The van der Waals surface area contributed by atoms with Crippen molar-refractivity contribution < 1.29 is 35.8 Å². The maximum atomic E-state index is 13.6. The van der Waals surface area contributed by atoms with Gasteiger partial charge in [-0.2, -0.15) is 26.3 Å². The molecule has 5 aromatic carbocycles. The summed E-state index contributed by atoms with van der Waals surface area (Å²) in [6.45, 7) is 4.41. The Bertz CT molecular complexity index is 2390. The number of fused-ring (bicyclic) bond motifs is 8. The second kappa shape index (κ2) is 12.2. The first kappa shape index (κ1) is 34.4. The number of alkyl halides is 6. The van der Waals surface area contributed by atoms with E-state index in [0.717, 1.165) is 34.7 Å². The average Bonchev–Trinajstić information content (AvgIpc) is 3.48. The van der Waals surface area contributed by atoms with E-state index in [9.17, 15) is 26.3 Å². The van der Waals surface area contributed by atoms with Gasteiger partial charge in [0.1, 0.15) is 11.5 Å². The van der Waals surface area contributed by atoms with Crippen LogP contribution in [-0.2, 0) is 23.4 Å². The van der Waals surface area contributed by atoms with Crippen LogP contribution in [0, 0.1) is 0 Å². The van der Waals surface area contributed by atoms with Crippen LogP contribution in [0.25, 0.3) is 39.4 Å². The minimum atomic E-state index is -5.22. The Kier molecular flexibility index (Phi) is 7.90. The molecule has 0 radical (unpaired) electrons. The molecule has 53 heavy (non-hydrogen) atoms. The number of ether oxygens (including phenoxy) is 2. The zero-order valence-corrected chi connectivity index (χ0v) is 28.7. The molecule has 0 fully saturated rings. The highest BCUT2D eigenvalue weighted by Gasteiger charge is 2.47. The lowest BCUT2D eigenvalue weighted by molar-refractivity contribution is -0.155. The fourth-order valence-electron chi connectivity index (χ4n) is 8.05. The van der Waals surface area contributed by atoms with Crippen LogP contribution in [0.1, 0.15) is 66.2 Å². The van der Waals surface area contributed by atoms with Crippen molar-refractivity contribution in [1.29, 1.82) is 0 Å². The molecular formula is C42H31F6N3O2. The van der Waals surface area contributed by atoms with Crippen molar-refractivity contribution >= 4 is 16.8 Å². The zero-order chi connectivity index (χ0) is 37.3. The summed E-state index contributed by atoms with van der Waals surface area (Å²) >= 11 is 0. The summed E-state index contributed by atoms with van der Waals surface area (Å²) in [5, 5.41) is 1.95. The summed E-state index contributed by atoms with van der Waals surface area (Å²) in [6, 6.07) is 30.0. The van der Waals surface area contributed by atoms with E-state index in [0.29, 0.717) is 17.1 Å². The standard InChI is InChI=1S/C42H31F6N3O2/c1-4-39(5-2)32-13-9-8-12-30(32)33-28-10-6-7-11-29(28)35-31(34(33)39)22-23-40(53-35,26-18-20-27(52-3)21-19-26)25-16-14-24(15-17-25)36-49-37(41(43,44)45)51-38(50-36)42(46,47)48/h6-23H,4-5H2,1-3H3. The minimum Gasteiger partial charge on any atom is -0.497 e. The fourth-order valence-corrected chi connectivity index (χ4v) is 8.05. The van der Waals surface area contributed by atoms with E-state index in [2.05, 4.69) is 65.2 Å². The average molecular weight is 724 g/mol. The van der Waals surface area contributed by atoms with Gasteiger partial charge in [-0.05, 0) is 58.7 Å². The molecule has 1 unspecified atom stereocenters. The van der Waals surface area contributed by atoms with E-state index in [1.807, 2.05) is 36.4 Å². The van der Waals surface area contributed by atoms with Crippen LogP contribution >= 0.6 is 0 Å². The first-order chi connectivity index (χ1) is 25.3. The molecular weight excluding hydrogens is 692 g/mol. The molecule has 11 heteroatoms. The van der Waals surface area contributed by atoms with Crippen LogP contribution in [0.3, 0.4) is 0 Å². The summed E-state index contributed by atoms with van der Waals surface area (Å²) in [7, 11) is 1.56. The third-order valence-corrected chi connectivity index (χ3v) is 10.6. The fraction of sp³-hybridized carbons (Fsp3) is 0.214. The van der Waals surface area contributed by atoms with Crippen molar-refractivity contribution in [3.63, 3.8) is 0 Å². The van der Waals surface area contributed by atoms with Gasteiger partial charge in [0.15, 0.2) is 11.4 Å². The number of benzene rings is 5. The summed E-state index contributed by atoms with van der Waals surface area (Å²) in [5.41, 5.74) is 5.50.